The summed E-state index contributed by atoms with van der Waals surface area (Å²) in [6, 6.07) is 32.3. The van der Waals surface area contributed by atoms with Crippen molar-refractivity contribution in [3.63, 3.8) is 0 Å². The van der Waals surface area contributed by atoms with E-state index in [-0.39, 0.29) is 32.3 Å². The van der Waals surface area contributed by atoms with Crippen LogP contribution in [0.1, 0.15) is 11.1 Å². The maximum atomic E-state index is 14.5. The molecular formula is C34H22N6O8S2. The molecule has 0 saturated carbocycles. The average Bonchev–Trinajstić information content (AvgIpc) is 3.14. The van der Waals surface area contributed by atoms with E-state index in [1.807, 2.05) is 0 Å². The molecular weight excluding hydrogens is 685 g/mol. The minimum atomic E-state index is -4.65. The predicted octanol–water partition coefficient (Wildman–Crippen LogP) is 6.23. The number of fused-ring (bicyclic) bond motifs is 2. The normalized spacial score (nSPS) is 13.6. The van der Waals surface area contributed by atoms with E-state index < -0.39 is 41.6 Å². The summed E-state index contributed by atoms with van der Waals surface area (Å²) >= 11 is 0. The Labute approximate surface area is 284 Å². The first kappa shape index (κ1) is 32.0. The number of nitrogens with zero attached hydrogens (tertiary/aromatic N) is 6. The molecule has 248 valence electrons. The molecule has 0 fully saturated rings. The van der Waals surface area contributed by atoms with Gasteiger partial charge in [0.15, 0.2) is 11.7 Å². The molecule has 14 nitrogen and oxygen atoms in total. The van der Waals surface area contributed by atoms with Crippen LogP contribution in [0.25, 0.3) is 21.5 Å². The van der Waals surface area contributed by atoms with Crippen LogP contribution in [0.5, 0.6) is 0 Å². The zero-order valence-electron chi connectivity index (χ0n) is 25.5. The zero-order chi connectivity index (χ0) is 35.2. The number of rotatable bonds is 8. The number of hydrazone groups is 2. The van der Waals surface area contributed by atoms with E-state index in [9.17, 15) is 37.1 Å². The molecule has 6 aromatic rings. The van der Waals surface area contributed by atoms with Crippen molar-refractivity contribution in [1.29, 1.82) is 0 Å². The fraction of sp³-hybridized carbons (Fsp3) is 0. The highest BCUT2D eigenvalue weighted by atomic mass is 32.2. The van der Waals surface area contributed by atoms with Gasteiger partial charge >= 0.3 is 0 Å². The molecule has 0 amide bonds. The lowest BCUT2D eigenvalue weighted by atomic mass is 10.1. The van der Waals surface area contributed by atoms with Crippen LogP contribution in [0.2, 0.25) is 0 Å². The Kier molecular flexibility index (Phi) is 7.80. The van der Waals surface area contributed by atoms with Gasteiger partial charge in [-0.1, -0.05) is 60.7 Å². The summed E-state index contributed by atoms with van der Waals surface area (Å²) in [4.78, 5) is 21.1. The molecule has 7 rings (SSSR count). The second kappa shape index (κ2) is 12.2. The fourth-order valence-corrected chi connectivity index (χ4v) is 7.87. The molecule has 0 bridgehead atoms. The van der Waals surface area contributed by atoms with Gasteiger partial charge in [0, 0.05) is 35.4 Å². The lowest BCUT2D eigenvalue weighted by molar-refractivity contribution is -0.385. The standard InChI is InChI=1S/C34H22N6O8S2/c41-39(42)29-15-9-25(10-16-29)33-36-38(50(47,48)32-20-14-24-6-2-4-8-28(24)22-32)34(26-11-17-30(18-12-26)40(43)44)35-37(33)49(45,46)31-19-13-23-5-1-3-7-27(23)21-31/h1-22H. The van der Waals surface area contributed by atoms with Gasteiger partial charge in [-0.25, -0.2) is 0 Å². The van der Waals surface area contributed by atoms with Gasteiger partial charge in [-0.05, 0) is 70.1 Å². The molecule has 0 saturated heterocycles. The molecule has 16 heteroatoms. The van der Waals surface area contributed by atoms with Crippen molar-refractivity contribution >= 4 is 64.6 Å². The molecule has 0 aliphatic carbocycles. The second-order valence-electron chi connectivity index (χ2n) is 11.0. The van der Waals surface area contributed by atoms with Crippen LogP contribution in [0, 0.1) is 20.2 Å². The van der Waals surface area contributed by atoms with Gasteiger partial charge in [-0.15, -0.1) is 19.0 Å². The number of hydrogen-bond acceptors (Lipinski definition) is 10. The maximum Gasteiger partial charge on any atom is 0.285 e. The number of benzene rings is 6. The topological polar surface area (TPSA) is 186 Å². The highest BCUT2D eigenvalue weighted by Crippen LogP contribution is 2.32. The molecule has 0 N–H and O–H groups in total. The number of sulfonamides is 2. The Hall–Kier alpha value is -6.52. The Morgan fingerprint density at radius 3 is 1.14 bits per heavy atom. The fourth-order valence-electron chi connectivity index (χ4n) is 5.33. The van der Waals surface area contributed by atoms with Crippen molar-refractivity contribution in [2.24, 2.45) is 10.2 Å². The molecule has 50 heavy (non-hydrogen) atoms. The van der Waals surface area contributed by atoms with Gasteiger partial charge in [0.25, 0.3) is 31.4 Å². The summed E-state index contributed by atoms with van der Waals surface area (Å²) in [5, 5.41) is 34.3. The van der Waals surface area contributed by atoms with E-state index in [1.165, 1.54) is 48.5 Å². The van der Waals surface area contributed by atoms with Gasteiger partial charge < -0.3 is 0 Å². The molecule has 0 atom stereocenters. The quantitative estimate of drug-likeness (QED) is 0.132. The van der Waals surface area contributed by atoms with Crippen LogP contribution in [0.4, 0.5) is 11.4 Å². The zero-order valence-corrected chi connectivity index (χ0v) is 27.1. The molecule has 1 aliphatic heterocycles. The Morgan fingerprint density at radius 2 is 0.800 bits per heavy atom. The number of nitro benzene ring substituents is 2. The van der Waals surface area contributed by atoms with E-state index in [2.05, 4.69) is 10.2 Å². The first-order valence-corrected chi connectivity index (χ1v) is 17.6. The molecule has 1 heterocycles. The third-order valence-electron chi connectivity index (χ3n) is 7.90. The van der Waals surface area contributed by atoms with Gasteiger partial charge in [-0.2, -0.15) is 16.8 Å². The van der Waals surface area contributed by atoms with Crippen molar-refractivity contribution in [2.45, 2.75) is 9.79 Å². The molecule has 0 aromatic heterocycles. The minimum absolute atomic E-state index is 0.00910. The van der Waals surface area contributed by atoms with Gasteiger partial charge in [0.2, 0.25) is 0 Å². The highest BCUT2D eigenvalue weighted by Gasteiger charge is 2.40. The monoisotopic (exact) mass is 706 g/mol. The molecule has 0 spiro atoms. The van der Waals surface area contributed by atoms with Crippen molar-refractivity contribution < 1.29 is 26.7 Å². The van der Waals surface area contributed by atoms with E-state index in [4.69, 9.17) is 0 Å². The Morgan fingerprint density at radius 1 is 0.460 bits per heavy atom. The van der Waals surface area contributed by atoms with Crippen molar-refractivity contribution in [2.75, 3.05) is 0 Å². The SMILES string of the molecule is O=[N+]([O-])c1ccc(C2=NN(S(=O)(=O)c3ccc4ccccc4c3)C(c3ccc([N+](=O)[O-])cc3)=NN2S(=O)(=O)c2ccc3ccccc3c2)cc1. The maximum absolute atomic E-state index is 14.5. The summed E-state index contributed by atoms with van der Waals surface area (Å²) in [6.45, 7) is 0. The highest BCUT2D eigenvalue weighted by molar-refractivity contribution is 7.90. The smallest absolute Gasteiger partial charge is 0.258 e. The van der Waals surface area contributed by atoms with Crippen molar-refractivity contribution in [3.05, 3.63) is 165 Å². The third kappa shape index (κ3) is 5.67. The lowest BCUT2D eigenvalue weighted by Gasteiger charge is -2.31. The number of amidine groups is 2. The first-order valence-electron chi connectivity index (χ1n) is 14.7. The van der Waals surface area contributed by atoms with Crippen LogP contribution in [0.3, 0.4) is 0 Å². The summed E-state index contributed by atoms with van der Waals surface area (Å²) < 4.78 is 58.9. The Bertz CT molecular complexity index is 2460. The summed E-state index contributed by atoms with van der Waals surface area (Å²) in [5.74, 6) is -0.967. The van der Waals surface area contributed by atoms with Crippen LogP contribution in [-0.4, -0.2) is 47.2 Å². The summed E-state index contributed by atoms with van der Waals surface area (Å²) in [6.07, 6.45) is 0. The van der Waals surface area contributed by atoms with Gasteiger partial charge in [0.1, 0.15) is 0 Å². The minimum Gasteiger partial charge on any atom is -0.258 e. The van der Waals surface area contributed by atoms with E-state index in [0.717, 1.165) is 35.0 Å². The number of hydrogen-bond donors (Lipinski definition) is 0. The average molecular weight is 707 g/mol. The largest absolute Gasteiger partial charge is 0.285 e. The second-order valence-corrected chi connectivity index (χ2v) is 14.5. The molecule has 0 radical (unpaired) electrons. The molecule has 6 aromatic carbocycles. The van der Waals surface area contributed by atoms with E-state index >= 15 is 0 Å². The lowest BCUT2D eigenvalue weighted by Crippen LogP contribution is -2.45. The summed E-state index contributed by atoms with van der Waals surface area (Å²) in [7, 11) is -9.30. The number of nitro groups is 2. The van der Waals surface area contributed by atoms with E-state index in [1.54, 1.807) is 60.7 Å². The first-order chi connectivity index (χ1) is 23.9. The molecule has 1 aliphatic rings. The third-order valence-corrected chi connectivity index (χ3v) is 11.0. The predicted molar refractivity (Wildman–Crippen MR) is 185 cm³/mol. The van der Waals surface area contributed by atoms with Gasteiger partial charge in [-0.3, -0.25) is 20.2 Å². The van der Waals surface area contributed by atoms with Crippen LogP contribution < -0.4 is 0 Å². The van der Waals surface area contributed by atoms with Crippen molar-refractivity contribution in [1.82, 2.24) is 8.83 Å². The van der Waals surface area contributed by atoms with Crippen LogP contribution in [0.15, 0.2) is 153 Å². The van der Waals surface area contributed by atoms with Crippen LogP contribution >= 0.6 is 0 Å². The summed E-state index contributed by atoms with van der Waals surface area (Å²) in [5.41, 5.74) is -0.620. The van der Waals surface area contributed by atoms with E-state index in [0.29, 0.717) is 19.6 Å². The van der Waals surface area contributed by atoms with Crippen LogP contribution in [-0.2, 0) is 20.0 Å². The number of non-ortho nitro benzene ring substituents is 2. The Balaban J connectivity index is 1.47. The van der Waals surface area contributed by atoms with Crippen molar-refractivity contribution in [3.8, 4) is 0 Å². The molecule has 0 unspecified atom stereocenters. The van der Waals surface area contributed by atoms with Gasteiger partial charge in [0.05, 0.1) is 19.6 Å².